The number of benzene rings is 2. The molecule has 0 saturated heterocycles. The number of hydrogen-bond donors (Lipinski definition) is 3. The van der Waals surface area contributed by atoms with Crippen LogP contribution in [0.3, 0.4) is 0 Å². The van der Waals surface area contributed by atoms with E-state index in [4.69, 9.17) is 4.74 Å². The number of rotatable bonds is 7. The Hall–Kier alpha value is -2.98. The van der Waals surface area contributed by atoms with Gasteiger partial charge in [0, 0.05) is 6.04 Å². The fraction of sp³-hybridized carbons (Fsp3) is 0.300. The Balaban J connectivity index is 2.01. The maximum Gasteiger partial charge on any atom is 0.276 e. The third-order valence-corrected chi connectivity index (χ3v) is 5.56. The van der Waals surface area contributed by atoms with Crippen LogP contribution in [0.25, 0.3) is 0 Å². The maximum absolute atomic E-state index is 14.0. The summed E-state index contributed by atoms with van der Waals surface area (Å²) in [6.07, 6.45) is 0. The van der Waals surface area contributed by atoms with Gasteiger partial charge in [-0.05, 0) is 63.1 Å². The highest BCUT2D eigenvalue weighted by atomic mass is 32.2. The highest BCUT2D eigenvalue weighted by Gasteiger charge is 2.20. The Morgan fingerprint density at radius 1 is 1.07 bits per heavy atom. The predicted octanol–water partition coefficient (Wildman–Crippen LogP) is 1.97. The van der Waals surface area contributed by atoms with Crippen molar-refractivity contribution < 1.29 is 27.1 Å². The molecule has 162 valence electrons. The van der Waals surface area contributed by atoms with Crippen molar-refractivity contribution in [2.24, 2.45) is 0 Å². The lowest BCUT2D eigenvalue weighted by molar-refractivity contribution is -0.123. The van der Waals surface area contributed by atoms with Gasteiger partial charge in [-0.1, -0.05) is 12.1 Å². The number of amides is 2. The second kappa shape index (κ2) is 9.68. The van der Waals surface area contributed by atoms with Crippen LogP contribution in [0.2, 0.25) is 0 Å². The van der Waals surface area contributed by atoms with Crippen LogP contribution in [-0.2, 0) is 14.8 Å². The molecule has 8 nitrogen and oxygen atoms in total. The van der Waals surface area contributed by atoms with Crippen molar-refractivity contribution in [2.75, 3.05) is 6.61 Å². The fourth-order valence-electron chi connectivity index (χ4n) is 2.46. The van der Waals surface area contributed by atoms with Gasteiger partial charge in [0.15, 0.2) is 6.61 Å². The summed E-state index contributed by atoms with van der Waals surface area (Å²) >= 11 is 0. The molecule has 0 aliphatic rings. The van der Waals surface area contributed by atoms with Gasteiger partial charge in [-0.2, -0.15) is 0 Å². The fourth-order valence-corrected chi connectivity index (χ4v) is 3.74. The first kappa shape index (κ1) is 23.3. The molecular weight excluding hydrogens is 413 g/mol. The molecule has 2 amide bonds. The standard InChI is InChI=1S/C20H24FN3O5S/c1-12(2)24-30(27,28)15-7-8-17(21)16(10-15)20(26)23-22-19(25)11-29-18-9-13(3)5-6-14(18)4/h5-10,12,24H,11H2,1-4H3,(H,22,25)(H,23,26). The molecule has 30 heavy (non-hydrogen) atoms. The summed E-state index contributed by atoms with van der Waals surface area (Å²) in [6, 6.07) is 7.96. The average molecular weight is 437 g/mol. The minimum atomic E-state index is -3.91. The van der Waals surface area contributed by atoms with E-state index in [0.717, 1.165) is 29.3 Å². The number of carbonyl (C=O) groups is 2. The number of nitrogens with one attached hydrogen (secondary N) is 3. The Kier molecular flexibility index (Phi) is 7.52. The molecule has 0 atom stereocenters. The largest absolute Gasteiger partial charge is 0.483 e. The van der Waals surface area contributed by atoms with Crippen LogP contribution in [0.1, 0.15) is 35.3 Å². The lowest BCUT2D eigenvalue weighted by atomic mass is 10.1. The van der Waals surface area contributed by atoms with E-state index < -0.39 is 33.2 Å². The summed E-state index contributed by atoms with van der Waals surface area (Å²) in [7, 11) is -3.91. The molecule has 0 saturated carbocycles. The van der Waals surface area contributed by atoms with Crippen LogP contribution < -0.4 is 20.3 Å². The SMILES string of the molecule is Cc1ccc(C)c(OCC(=O)NNC(=O)c2cc(S(=O)(=O)NC(C)C)ccc2F)c1. The lowest BCUT2D eigenvalue weighted by Crippen LogP contribution is -2.44. The van der Waals surface area contributed by atoms with Crippen LogP contribution >= 0.6 is 0 Å². The lowest BCUT2D eigenvalue weighted by Gasteiger charge is -2.13. The van der Waals surface area contributed by atoms with Crippen LogP contribution in [-0.4, -0.2) is 32.9 Å². The predicted molar refractivity (Wildman–Crippen MR) is 109 cm³/mol. The Morgan fingerprint density at radius 2 is 1.77 bits per heavy atom. The van der Waals surface area contributed by atoms with Gasteiger partial charge in [0.05, 0.1) is 10.5 Å². The van der Waals surface area contributed by atoms with Crippen molar-refractivity contribution in [3.63, 3.8) is 0 Å². The number of aryl methyl sites for hydroxylation is 2. The molecule has 0 radical (unpaired) electrons. The molecule has 0 heterocycles. The van der Waals surface area contributed by atoms with Crippen LogP contribution in [0, 0.1) is 19.7 Å². The molecule has 2 aromatic carbocycles. The highest BCUT2D eigenvalue weighted by molar-refractivity contribution is 7.89. The van der Waals surface area contributed by atoms with E-state index in [-0.39, 0.29) is 17.5 Å². The number of hydrazine groups is 1. The summed E-state index contributed by atoms with van der Waals surface area (Å²) in [5.41, 5.74) is 5.43. The monoisotopic (exact) mass is 437 g/mol. The quantitative estimate of drug-likeness (QED) is 0.573. The molecule has 3 N–H and O–H groups in total. The van der Waals surface area contributed by atoms with Crippen molar-refractivity contribution in [2.45, 2.75) is 38.6 Å². The van der Waals surface area contributed by atoms with Crippen molar-refractivity contribution in [3.05, 3.63) is 58.9 Å². The Bertz CT molecular complexity index is 1050. The second-order valence-corrected chi connectivity index (χ2v) is 8.69. The first-order valence-electron chi connectivity index (χ1n) is 9.10. The molecular formula is C20H24FN3O5S. The zero-order valence-electron chi connectivity index (χ0n) is 17.1. The van der Waals surface area contributed by atoms with Crippen molar-refractivity contribution in [3.8, 4) is 5.75 Å². The van der Waals surface area contributed by atoms with Gasteiger partial charge in [0.25, 0.3) is 11.8 Å². The molecule has 10 heteroatoms. The van der Waals surface area contributed by atoms with Crippen LogP contribution in [0.15, 0.2) is 41.3 Å². The molecule has 0 unspecified atom stereocenters. The summed E-state index contributed by atoms with van der Waals surface area (Å²) in [4.78, 5) is 23.9. The first-order valence-corrected chi connectivity index (χ1v) is 10.6. The van der Waals surface area contributed by atoms with E-state index in [2.05, 4.69) is 10.1 Å². The van der Waals surface area contributed by atoms with Gasteiger partial charge in [0.2, 0.25) is 10.0 Å². The highest BCUT2D eigenvalue weighted by Crippen LogP contribution is 2.19. The van der Waals surface area contributed by atoms with Gasteiger partial charge in [0.1, 0.15) is 11.6 Å². The van der Waals surface area contributed by atoms with E-state index in [1.165, 1.54) is 0 Å². The Labute approximate surface area is 174 Å². The van der Waals surface area contributed by atoms with Gasteiger partial charge in [-0.3, -0.25) is 20.4 Å². The molecule has 2 rings (SSSR count). The zero-order chi connectivity index (χ0) is 22.5. The van der Waals surface area contributed by atoms with Crippen LogP contribution in [0.4, 0.5) is 4.39 Å². The minimum absolute atomic E-state index is 0.271. The first-order chi connectivity index (χ1) is 14.0. The molecule has 0 bridgehead atoms. The van der Waals surface area contributed by atoms with E-state index in [1.807, 2.05) is 31.4 Å². The number of carbonyl (C=O) groups excluding carboxylic acids is 2. The molecule has 0 aromatic heterocycles. The van der Waals surface area contributed by atoms with E-state index in [1.54, 1.807) is 19.9 Å². The summed E-state index contributed by atoms with van der Waals surface area (Å²) in [6.45, 7) is 6.59. The van der Waals surface area contributed by atoms with Crippen molar-refractivity contribution in [1.29, 1.82) is 0 Å². The van der Waals surface area contributed by atoms with Crippen molar-refractivity contribution in [1.82, 2.24) is 15.6 Å². The summed E-state index contributed by atoms with van der Waals surface area (Å²) < 4.78 is 46.2. The van der Waals surface area contributed by atoms with E-state index in [0.29, 0.717) is 5.75 Å². The molecule has 2 aromatic rings. The van der Waals surface area contributed by atoms with Gasteiger partial charge >= 0.3 is 0 Å². The molecule has 0 fully saturated rings. The average Bonchev–Trinajstić information content (AvgIpc) is 2.66. The van der Waals surface area contributed by atoms with Gasteiger partial charge < -0.3 is 4.74 Å². The smallest absolute Gasteiger partial charge is 0.276 e. The third kappa shape index (κ3) is 6.26. The van der Waals surface area contributed by atoms with Crippen LogP contribution in [0.5, 0.6) is 5.75 Å². The molecule has 0 aliphatic carbocycles. The van der Waals surface area contributed by atoms with Crippen molar-refractivity contribution >= 4 is 21.8 Å². The molecule has 0 aliphatic heterocycles. The zero-order valence-corrected chi connectivity index (χ0v) is 17.9. The second-order valence-electron chi connectivity index (χ2n) is 6.98. The maximum atomic E-state index is 14.0. The number of halogens is 1. The van der Waals surface area contributed by atoms with E-state index >= 15 is 0 Å². The summed E-state index contributed by atoms with van der Waals surface area (Å²) in [5, 5.41) is 0. The van der Waals surface area contributed by atoms with E-state index in [9.17, 15) is 22.4 Å². The number of ether oxygens (including phenoxy) is 1. The number of hydrogen-bond acceptors (Lipinski definition) is 5. The normalized spacial score (nSPS) is 11.3. The third-order valence-electron chi connectivity index (χ3n) is 3.90. The Morgan fingerprint density at radius 3 is 2.43 bits per heavy atom. The number of sulfonamides is 1. The summed E-state index contributed by atoms with van der Waals surface area (Å²) in [5.74, 6) is -2.08. The molecule has 0 spiro atoms. The topological polar surface area (TPSA) is 114 Å². The van der Waals surface area contributed by atoms with Gasteiger partial charge in [-0.25, -0.2) is 17.5 Å². The van der Waals surface area contributed by atoms with Gasteiger partial charge in [-0.15, -0.1) is 0 Å². The minimum Gasteiger partial charge on any atom is -0.483 e.